The number of hydrogen-bond donors (Lipinski definition) is 1. The molecule has 0 spiro atoms. The van der Waals surface area contributed by atoms with Gasteiger partial charge in [0.2, 0.25) is 0 Å². The van der Waals surface area contributed by atoms with E-state index in [0.29, 0.717) is 0 Å². The normalized spacial score (nSPS) is 24.1. The van der Waals surface area contributed by atoms with Gasteiger partial charge in [-0.3, -0.25) is 0 Å². The highest BCUT2D eigenvalue weighted by Gasteiger charge is 2.24. The summed E-state index contributed by atoms with van der Waals surface area (Å²) in [6.45, 7) is 4.72. The van der Waals surface area contributed by atoms with Crippen LogP contribution in [0.3, 0.4) is 0 Å². The highest BCUT2D eigenvalue weighted by atomic mass is 14.9. The van der Waals surface area contributed by atoms with Gasteiger partial charge in [-0.05, 0) is 38.1 Å². The van der Waals surface area contributed by atoms with Crippen molar-refractivity contribution in [3.05, 3.63) is 0 Å². The van der Waals surface area contributed by atoms with E-state index in [1.165, 1.54) is 89.9 Å². The zero-order valence-corrected chi connectivity index (χ0v) is 15.1. The zero-order valence-electron chi connectivity index (χ0n) is 15.1. The molecule has 1 atom stereocenters. The summed E-state index contributed by atoms with van der Waals surface area (Å²) in [4.78, 5) is 0. The van der Waals surface area contributed by atoms with Crippen LogP contribution in [0.4, 0.5) is 0 Å². The van der Waals surface area contributed by atoms with E-state index >= 15 is 0 Å². The first-order valence-electron chi connectivity index (χ1n) is 9.95. The molecule has 0 aromatic heterocycles. The van der Waals surface area contributed by atoms with Crippen molar-refractivity contribution >= 4 is 0 Å². The van der Waals surface area contributed by atoms with Crippen molar-refractivity contribution in [2.75, 3.05) is 7.05 Å². The van der Waals surface area contributed by atoms with Gasteiger partial charge in [0.05, 0.1) is 0 Å². The van der Waals surface area contributed by atoms with Crippen LogP contribution in [0.25, 0.3) is 0 Å². The Labute approximate surface area is 134 Å². The van der Waals surface area contributed by atoms with Crippen LogP contribution in [0.5, 0.6) is 0 Å². The molecule has 0 saturated heterocycles. The Morgan fingerprint density at radius 2 is 1.33 bits per heavy atom. The minimum Gasteiger partial charge on any atom is -0.317 e. The summed E-state index contributed by atoms with van der Waals surface area (Å²) in [5.41, 5.74) is 0. The summed E-state index contributed by atoms with van der Waals surface area (Å²) < 4.78 is 0. The van der Waals surface area contributed by atoms with E-state index in [9.17, 15) is 0 Å². The van der Waals surface area contributed by atoms with Gasteiger partial charge in [-0.1, -0.05) is 84.5 Å². The fourth-order valence-corrected chi connectivity index (χ4v) is 3.98. The molecule has 0 aliphatic heterocycles. The maximum Gasteiger partial charge on any atom is 0.00923 e. The lowest BCUT2D eigenvalue weighted by atomic mass is 9.78. The van der Waals surface area contributed by atoms with Crippen LogP contribution in [0.1, 0.15) is 104 Å². The van der Waals surface area contributed by atoms with E-state index in [-0.39, 0.29) is 0 Å². The highest BCUT2D eigenvalue weighted by molar-refractivity contribution is 4.80. The predicted octanol–water partition coefficient (Wildman–Crippen LogP) is 6.32. The molecule has 126 valence electrons. The topological polar surface area (TPSA) is 12.0 Å². The molecule has 1 unspecified atom stereocenters. The largest absolute Gasteiger partial charge is 0.317 e. The van der Waals surface area contributed by atoms with Crippen LogP contribution in [0.15, 0.2) is 0 Å². The summed E-state index contributed by atoms with van der Waals surface area (Å²) in [6.07, 6.45) is 20.3. The molecular weight excluding hydrogens is 254 g/mol. The lowest BCUT2D eigenvalue weighted by Crippen LogP contribution is -2.35. The van der Waals surface area contributed by atoms with Crippen molar-refractivity contribution < 1.29 is 0 Å². The average molecular weight is 296 g/mol. The molecule has 0 radical (unpaired) electrons. The minimum atomic E-state index is 0.794. The first-order valence-corrected chi connectivity index (χ1v) is 9.95. The third-order valence-electron chi connectivity index (χ3n) is 5.62. The van der Waals surface area contributed by atoms with Gasteiger partial charge in [-0.2, -0.15) is 0 Å². The van der Waals surface area contributed by atoms with Crippen molar-refractivity contribution in [1.82, 2.24) is 5.32 Å². The van der Waals surface area contributed by atoms with Crippen LogP contribution in [0, 0.1) is 11.8 Å². The van der Waals surface area contributed by atoms with Gasteiger partial charge in [0, 0.05) is 6.04 Å². The Morgan fingerprint density at radius 1 is 0.810 bits per heavy atom. The molecule has 1 fully saturated rings. The van der Waals surface area contributed by atoms with Crippen LogP contribution in [-0.4, -0.2) is 13.1 Å². The summed E-state index contributed by atoms with van der Waals surface area (Å²) in [6, 6.07) is 0.794. The minimum absolute atomic E-state index is 0.794. The molecule has 0 amide bonds. The molecular formula is C20H41N. The molecule has 1 aliphatic carbocycles. The Balaban J connectivity index is 1.97. The van der Waals surface area contributed by atoms with E-state index in [1.54, 1.807) is 0 Å². The van der Waals surface area contributed by atoms with Crippen LogP contribution < -0.4 is 5.32 Å². The maximum atomic E-state index is 3.61. The van der Waals surface area contributed by atoms with E-state index in [1.807, 2.05) is 0 Å². The first kappa shape index (κ1) is 19.0. The van der Waals surface area contributed by atoms with E-state index in [2.05, 4.69) is 26.2 Å². The van der Waals surface area contributed by atoms with E-state index in [4.69, 9.17) is 0 Å². The fourth-order valence-electron chi connectivity index (χ4n) is 3.98. The van der Waals surface area contributed by atoms with Crippen LogP contribution in [-0.2, 0) is 0 Å². The number of unbranched alkanes of at least 4 members (excludes halogenated alkanes) is 8. The Kier molecular flexibility index (Phi) is 11.3. The second-order valence-corrected chi connectivity index (χ2v) is 7.53. The second-order valence-electron chi connectivity index (χ2n) is 7.53. The van der Waals surface area contributed by atoms with Crippen LogP contribution >= 0.6 is 0 Å². The highest BCUT2D eigenvalue weighted by Crippen LogP contribution is 2.31. The molecule has 1 rings (SSSR count). The maximum absolute atomic E-state index is 3.61. The second kappa shape index (κ2) is 12.5. The molecule has 1 heteroatoms. The molecule has 1 aliphatic rings. The van der Waals surface area contributed by atoms with E-state index in [0.717, 1.165) is 17.9 Å². The monoisotopic (exact) mass is 295 g/mol. The molecule has 0 bridgehead atoms. The van der Waals surface area contributed by atoms with Crippen molar-refractivity contribution in [3.63, 3.8) is 0 Å². The van der Waals surface area contributed by atoms with Gasteiger partial charge in [-0.15, -0.1) is 0 Å². The lowest BCUT2D eigenvalue weighted by molar-refractivity contribution is 0.226. The van der Waals surface area contributed by atoms with Gasteiger partial charge in [0.1, 0.15) is 0 Å². The van der Waals surface area contributed by atoms with Gasteiger partial charge in [0.25, 0.3) is 0 Å². The van der Waals surface area contributed by atoms with Crippen molar-refractivity contribution in [1.29, 1.82) is 0 Å². The quantitative estimate of drug-likeness (QED) is 0.415. The molecule has 1 nitrogen and oxygen atoms in total. The average Bonchev–Trinajstić information content (AvgIpc) is 2.51. The fraction of sp³-hybridized carbons (Fsp3) is 1.00. The van der Waals surface area contributed by atoms with Gasteiger partial charge < -0.3 is 5.32 Å². The molecule has 21 heavy (non-hydrogen) atoms. The first-order chi connectivity index (χ1) is 10.3. The van der Waals surface area contributed by atoms with Crippen LogP contribution in [0.2, 0.25) is 0 Å². The van der Waals surface area contributed by atoms with Gasteiger partial charge in [0.15, 0.2) is 0 Å². The zero-order chi connectivity index (χ0) is 15.3. The standard InChI is InChI=1S/C20H41N/c1-4-5-6-7-8-9-10-11-12-13-20(21-3)19-16-14-18(2)15-17-19/h18-21H,4-17H2,1-3H3. The summed E-state index contributed by atoms with van der Waals surface area (Å²) in [5, 5.41) is 3.61. The Morgan fingerprint density at radius 3 is 1.86 bits per heavy atom. The Bertz CT molecular complexity index is 218. The number of hydrogen-bond acceptors (Lipinski definition) is 1. The summed E-state index contributed by atoms with van der Waals surface area (Å²) >= 11 is 0. The van der Waals surface area contributed by atoms with Crippen molar-refractivity contribution in [3.8, 4) is 0 Å². The summed E-state index contributed by atoms with van der Waals surface area (Å²) in [5.74, 6) is 1.94. The molecule has 0 aromatic rings. The third kappa shape index (κ3) is 8.86. The van der Waals surface area contributed by atoms with E-state index < -0.39 is 0 Å². The molecule has 0 heterocycles. The summed E-state index contributed by atoms with van der Waals surface area (Å²) in [7, 11) is 2.18. The molecule has 1 saturated carbocycles. The number of rotatable bonds is 12. The third-order valence-corrected chi connectivity index (χ3v) is 5.62. The predicted molar refractivity (Wildman–Crippen MR) is 95.8 cm³/mol. The lowest BCUT2D eigenvalue weighted by Gasteiger charge is -2.32. The van der Waals surface area contributed by atoms with Crippen molar-refractivity contribution in [2.45, 2.75) is 110 Å². The van der Waals surface area contributed by atoms with Gasteiger partial charge in [-0.25, -0.2) is 0 Å². The van der Waals surface area contributed by atoms with Crippen molar-refractivity contribution in [2.24, 2.45) is 11.8 Å². The molecule has 0 aromatic carbocycles. The molecule has 1 N–H and O–H groups in total. The smallest absolute Gasteiger partial charge is 0.00923 e. The Hall–Kier alpha value is -0.0400. The van der Waals surface area contributed by atoms with Gasteiger partial charge >= 0.3 is 0 Å². The number of nitrogens with one attached hydrogen (secondary N) is 1. The SMILES string of the molecule is CCCCCCCCCCCC(NC)C1CCC(C)CC1.